The van der Waals surface area contributed by atoms with Crippen molar-refractivity contribution >= 4 is 56.4 Å². The van der Waals surface area contributed by atoms with E-state index in [1.165, 1.54) is 25.6 Å². The van der Waals surface area contributed by atoms with E-state index in [1.807, 2.05) is 30.3 Å². The topological polar surface area (TPSA) is 108 Å². The molecule has 9 nitrogen and oxygen atoms in total. The molecule has 0 amide bonds. The maximum atomic E-state index is 13.7. The second kappa shape index (κ2) is 11.2. The average molecular weight is 694 g/mol. The van der Waals surface area contributed by atoms with Gasteiger partial charge in [0.2, 0.25) is 12.5 Å². The fourth-order valence-electron chi connectivity index (χ4n) is 7.74. The molecule has 5 atom stereocenters. The number of phenolic OH excluding ortho intramolecular Hbond substituents is 1. The van der Waals surface area contributed by atoms with Crippen molar-refractivity contribution in [2.45, 2.75) is 25.3 Å². The van der Waals surface area contributed by atoms with E-state index in [0.29, 0.717) is 22.2 Å². The van der Waals surface area contributed by atoms with Crippen molar-refractivity contribution in [2.24, 2.45) is 17.3 Å². The molecule has 0 radical (unpaired) electrons. The van der Waals surface area contributed by atoms with Crippen LogP contribution in [0.5, 0.6) is 17.2 Å². The van der Waals surface area contributed by atoms with Crippen molar-refractivity contribution in [1.82, 2.24) is 4.98 Å². The highest BCUT2D eigenvalue weighted by atomic mass is 35.5. The van der Waals surface area contributed by atoms with E-state index in [2.05, 4.69) is 18.3 Å². The van der Waals surface area contributed by atoms with Gasteiger partial charge >= 0.3 is 5.97 Å². The zero-order valence-electron chi connectivity index (χ0n) is 25.6. The summed E-state index contributed by atoms with van der Waals surface area (Å²) in [6.45, 7) is 2.56. The summed E-state index contributed by atoms with van der Waals surface area (Å²) in [4.78, 5) is 18.4. The number of ether oxygens (including phenoxy) is 5. The molecule has 12 heteroatoms. The molecule has 4 aromatic rings. The maximum Gasteiger partial charge on any atom is 0.310 e. The molecule has 47 heavy (non-hydrogen) atoms. The number of rotatable bonds is 6. The zero-order valence-corrected chi connectivity index (χ0v) is 28.0. The third kappa shape index (κ3) is 4.79. The van der Waals surface area contributed by atoms with Crippen LogP contribution in [0.15, 0.2) is 71.7 Å². The van der Waals surface area contributed by atoms with Crippen molar-refractivity contribution < 1.29 is 33.6 Å². The van der Waals surface area contributed by atoms with Gasteiger partial charge in [-0.15, -0.1) is 11.3 Å². The van der Waals surface area contributed by atoms with Crippen molar-refractivity contribution in [3.05, 3.63) is 87.3 Å². The Hall–Kier alpha value is -4.12. The number of allylic oxidation sites excluding steroid dienone is 2. The summed E-state index contributed by atoms with van der Waals surface area (Å²) < 4.78 is 29.6. The van der Waals surface area contributed by atoms with Gasteiger partial charge in [0.05, 0.1) is 42.5 Å². The number of aromatic hydroxyl groups is 1. The summed E-state index contributed by atoms with van der Waals surface area (Å²) in [5.74, 6) is 0.624. The number of aromatic nitrogens is 1. The monoisotopic (exact) mass is 692 g/mol. The standard InChI is InChI=1S/C35H30Cl2N2O7S/c1-35-13-26-23(45-15-46-26)12-21(35)30(20-14-44-34(41)28(20)29(35)17-8-24(42-2)32(40)25(9-17)43-3)38-19-6-4-16(5-7-19)33-39-31-22(37)10-18(36)11-27(31)47-33/h4-12,20,28-30,38,40H,13-15H2,1-3H3/t20-,28-,29-,30-,35?/m0/s1. The molecule has 242 valence electrons. The number of fused-ring (bicyclic) bond motifs is 3. The zero-order chi connectivity index (χ0) is 32.6. The molecule has 1 saturated heterocycles. The molecule has 1 saturated carbocycles. The number of nitrogens with one attached hydrogen (secondary N) is 1. The smallest absolute Gasteiger partial charge is 0.310 e. The number of methoxy groups -OCH3 is 2. The van der Waals surface area contributed by atoms with Crippen LogP contribution in [0, 0.1) is 17.3 Å². The predicted octanol–water partition coefficient (Wildman–Crippen LogP) is 7.91. The van der Waals surface area contributed by atoms with Gasteiger partial charge in [0.15, 0.2) is 17.3 Å². The number of anilines is 1. The number of halogens is 2. The van der Waals surface area contributed by atoms with Crippen molar-refractivity contribution in [3.8, 4) is 27.8 Å². The number of carbonyl (C=O) groups excluding carboxylic acids is 1. The lowest BCUT2D eigenvalue weighted by atomic mass is 9.51. The van der Waals surface area contributed by atoms with Gasteiger partial charge in [0, 0.05) is 39.9 Å². The van der Waals surface area contributed by atoms with Crippen molar-refractivity contribution in [1.29, 1.82) is 0 Å². The fourth-order valence-corrected chi connectivity index (χ4v) is 9.44. The van der Waals surface area contributed by atoms with E-state index in [-0.39, 0.29) is 54.5 Å². The average Bonchev–Trinajstić information content (AvgIpc) is 3.79. The van der Waals surface area contributed by atoms with Crippen LogP contribution in [-0.4, -0.2) is 49.7 Å². The maximum absolute atomic E-state index is 13.7. The Kier molecular flexibility index (Phi) is 7.23. The van der Waals surface area contributed by atoms with Gasteiger partial charge in [-0.25, -0.2) is 4.98 Å². The number of benzene rings is 3. The minimum absolute atomic E-state index is 0.0945. The summed E-state index contributed by atoms with van der Waals surface area (Å²) in [6, 6.07) is 15.0. The minimum Gasteiger partial charge on any atom is -0.502 e. The van der Waals surface area contributed by atoms with E-state index in [1.54, 1.807) is 18.2 Å². The lowest BCUT2D eigenvalue weighted by Gasteiger charge is -2.53. The molecule has 2 N–H and O–H groups in total. The van der Waals surface area contributed by atoms with E-state index in [0.717, 1.165) is 43.4 Å². The Morgan fingerprint density at radius 1 is 1.04 bits per heavy atom. The number of phenols is 1. The number of carbonyl (C=O) groups is 1. The highest BCUT2D eigenvalue weighted by Crippen LogP contribution is 2.63. The third-order valence-corrected chi connectivity index (χ3v) is 11.4. The lowest BCUT2D eigenvalue weighted by Crippen LogP contribution is -2.53. The normalized spacial score (nSPS) is 26.1. The van der Waals surface area contributed by atoms with E-state index >= 15 is 0 Å². The van der Waals surface area contributed by atoms with E-state index in [4.69, 9.17) is 51.9 Å². The largest absolute Gasteiger partial charge is 0.502 e. The molecule has 1 unspecified atom stereocenters. The first kappa shape index (κ1) is 30.2. The highest BCUT2D eigenvalue weighted by molar-refractivity contribution is 7.21. The molecule has 4 aliphatic rings. The summed E-state index contributed by atoms with van der Waals surface area (Å²) >= 11 is 14.2. The molecule has 8 rings (SSSR count). The second-order valence-corrected chi connectivity index (χ2v) is 14.3. The van der Waals surface area contributed by atoms with Crippen LogP contribution in [0.25, 0.3) is 20.8 Å². The van der Waals surface area contributed by atoms with Gasteiger partial charge < -0.3 is 34.1 Å². The van der Waals surface area contributed by atoms with Crippen LogP contribution >= 0.6 is 34.5 Å². The van der Waals surface area contributed by atoms with Crippen LogP contribution in [0.1, 0.15) is 24.8 Å². The Labute approximate surface area is 284 Å². The van der Waals surface area contributed by atoms with E-state index < -0.39 is 11.3 Å². The summed E-state index contributed by atoms with van der Waals surface area (Å²) in [7, 11) is 2.99. The molecule has 3 aromatic carbocycles. The van der Waals surface area contributed by atoms with Gasteiger partial charge in [-0.05, 0) is 65.7 Å². The highest BCUT2D eigenvalue weighted by Gasteiger charge is 2.61. The Bertz CT molecular complexity index is 1980. The molecular weight excluding hydrogens is 663 g/mol. The molecule has 0 spiro atoms. The fraction of sp³-hybridized carbons (Fsp3) is 0.314. The van der Waals surface area contributed by atoms with Crippen LogP contribution in [0.4, 0.5) is 5.69 Å². The minimum atomic E-state index is -0.594. The first-order chi connectivity index (χ1) is 22.7. The van der Waals surface area contributed by atoms with Gasteiger partial charge in [-0.1, -0.05) is 30.1 Å². The second-order valence-electron chi connectivity index (χ2n) is 12.4. The summed E-state index contributed by atoms with van der Waals surface area (Å²) in [6.07, 6.45) is 2.58. The van der Waals surface area contributed by atoms with Gasteiger partial charge in [-0.3, -0.25) is 4.79 Å². The van der Waals surface area contributed by atoms with Gasteiger partial charge in [0.25, 0.3) is 0 Å². The summed E-state index contributed by atoms with van der Waals surface area (Å²) in [5.41, 5.74) is 3.86. The number of cyclic esters (lactones) is 1. The van der Waals surface area contributed by atoms with Crippen molar-refractivity contribution in [2.75, 3.05) is 32.9 Å². The Balaban J connectivity index is 1.19. The Morgan fingerprint density at radius 2 is 1.79 bits per heavy atom. The first-order valence-corrected chi connectivity index (χ1v) is 16.7. The molecule has 2 aliphatic heterocycles. The van der Waals surface area contributed by atoms with Crippen LogP contribution in [0.2, 0.25) is 10.0 Å². The quantitative estimate of drug-likeness (QED) is 0.195. The molecule has 2 fully saturated rings. The van der Waals surface area contributed by atoms with Crippen LogP contribution in [0.3, 0.4) is 0 Å². The van der Waals surface area contributed by atoms with E-state index in [9.17, 15) is 9.90 Å². The lowest BCUT2D eigenvalue weighted by molar-refractivity contribution is -0.143. The Morgan fingerprint density at radius 3 is 2.51 bits per heavy atom. The van der Waals surface area contributed by atoms with Crippen LogP contribution in [-0.2, 0) is 19.0 Å². The number of nitrogens with zero attached hydrogens (tertiary/aromatic N) is 1. The molecule has 1 aromatic heterocycles. The molecular formula is C35H30Cl2N2O7S. The van der Waals surface area contributed by atoms with Gasteiger partial charge in [-0.2, -0.15) is 0 Å². The van der Waals surface area contributed by atoms with Crippen molar-refractivity contribution in [3.63, 3.8) is 0 Å². The van der Waals surface area contributed by atoms with Gasteiger partial charge in [0.1, 0.15) is 16.3 Å². The molecule has 3 heterocycles. The number of hydrogen-bond donors (Lipinski definition) is 2. The summed E-state index contributed by atoms with van der Waals surface area (Å²) in [5, 5.41) is 16.4. The molecule has 0 bridgehead atoms. The number of thiazole rings is 1. The predicted molar refractivity (Wildman–Crippen MR) is 179 cm³/mol. The number of esters is 1. The van der Waals surface area contributed by atoms with Crippen LogP contribution < -0.4 is 14.8 Å². The SMILES string of the molecule is COc1cc([C@H]2[C@H]3C(=O)OC[C@@H]3[C@H](Nc3ccc(-c4nc5c(Cl)cc(Cl)cc5s4)cc3)C3=CC4=C(CC32C)OCO4)cc(OC)c1O. The third-order valence-electron chi connectivity index (χ3n) is 9.88. The first-order valence-electron chi connectivity index (χ1n) is 15.1. The molecule has 2 aliphatic carbocycles. The number of hydrogen-bond acceptors (Lipinski definition) is 10.